The molecule has 0 fully saturated rings. The van der Waals surface area contributed by atoms with Crippen molar-refractivity contribution in [2.75, 3.05) is 0 Å². The Hall–Kier alpha value is -1.22. The smallest absolute Gasteiger partial charge is 0.0242 e. The molecule has 0 spiro atoms. The van der Waals surface area contributed by atoms with Gasteiger partial charge in [-0.2, -0.15) is 0 Å². The van der Waals surface area contributed by atoms with Crippen molar-refractivity contribution in [3.05, 3.63) is 35.4 Å². The van der Waals surface area contributed by atoms with Crippen LogP contribution >= 0.6 is 0 Å². The Kier molecular flexibility index (Phi) is 3.58. The van der Waals surface area contributed by atoms with Gasteiger partial charge in [0.2, 0.25) is 0 Å². The van der Waals surface area contributed by atoms with Crippen LogP contribution in [0.15, 0.2) is 24.3 Å². The lowest BCUT2D eigenvalue weighted by Crippen LogP contribution is -1.91. The molecule has 1 aromatic carbocycles. The van der Waals surface area contributed by atoms with Crippen molar-refractivity contribution in [3.63, 3.8) is 0 Å². The maximum Gasteiger partial charge on any atom is 0.0242 e. The van der Waals surface area contributed by atoms with E-state index >= 15 is 0 Å². The molecule has 0 radical (unpaired) electrons. The van der Waals surface area contributed by atoms with Crippen LogP contribution in [0.2, 0.25) is 0 Å². The SMILES string of the molecule is C#Cc1ccc(CCC(C)C)cc1. The second kappa shape index (κ2) is 4.72. The van der Waals surface area contributed by atoms with Gasteiger partial charge in [0, 0.05) is 5.56 Å². The van der Waals surface area contributed by atoms with Gasteiger partial charge in [0.15, 0.2) is 0 Å². The van der Waals surface area contributed by atoms with Crippen LogP contribution in [-0.4, -0.2) is 0 Å². The van der Waals surface area contributed by atoms with Gasteiger partial charge in [0.1, 0.15) is 0 Å². The number of hydrogen-bond donors (Lipinski definition) is 0. The van der Waals surface area contributed by atoms with Crippen LogP contribution in [0, 0.1) is 18.3 Å². The Labute approximate surface area is 81.0 Å². The van der Waals surface area contributed by atoms with E-state index in [-0.39, 0.29) is 0 Å². The summed E-state index contributed by atoms with van der Waals surface area (Å²) in [6.07, 6.45) is 7.67. The fourth-order valence-electron chi connectivity index (χ4n) is 1.22. The Morgan fingerprint density at radius 3 is 2.31 bits per heavy atom. The molecule has 1 rings (SSSR count). The van der Waals surface area contributed by atoms with E-state index in [2.05, 4.69) is 31.9 Å². The van der Waals surface area contributed by atoms with E-state index in [1.807, 2.05) is 12.1 Å². The molecule has 0 aliphatic rings. The summed E-state index contributed by atoms with van der Waals surface area (Å²) in [4.78, 5) is 0. The van der Waals surface area contributed by atoms with Gasteiger partial charge in [-0.3, -0.25) is 0 Å². The maximum absolute atomic E-state index is 5.27. The third-order valence-corrected chi connectivity index (χ3v) is 2.13. The quantitative estimate of drug-likeness (QED) is 0.614. The second-order valence-electron chi connectivity index (χ2n) is 3.77. The summed E-state index contributed by atoms with van der Waals surface area (Å²) < 4.78 is 0. The van der Waals surface area contributed by atoms with Gasteiger partial charge in [0.25, 0.3) is 0 Å². The van der Waals surface area contributed by atoms with E-state index in [0.717, 1.165) is 17.9 Å². The molecule has 0 aliphatic heterocycles. The Bertz CT molecular complexity index is 285. The second-order valence-corrected chi connectivity index (χ2v) is 3.77. The van der Waals surface area contributed by atoms with Gasteiger partial charge in [-0.05, 0) is 36.5 Å². The van der Waals surface area contributed by atoms with E-state index in [1.165, 1.54) is 12.0 Å². The average Bonchev–Trinajstić information content (AvgIpc) is 2.15. The molecular weight excluding hydrogens is 156 g/mol. The van der Waals surface area contributed by atoms with Gasteiger partial charge >= 0.3 is 0 Å². The molecule has 0 nitrogen and oxygen atoms in total. The van der Waals surface area contributed by atoms with Crippen molar-refractivity contribution in [2.24, 2.45) is 5.92 Å². The summed E-state index contributed by atoms with van der Waals surface area (Å²) >= 11 is 0. The fraction of sp³-hybridized carbons (Fsp3) is 0.385. The van der Waals surface area contributed by atoms with Crippen molar-refractivity contribution < 1.29 is 0 Å². The van der Waals surface area contributed by atoms with Gasteiger partial charge in [-0.1, -0.05) is 31.9 Å². The minimum atomic E-state index is 0.771. The lowest BCUT2D eigenvalue weighted by Gasteiger charge is -2.04. The van der Waals surface area contributed by atoms with E-state index in [4.69, 9.17) is 6.42 Å². The number of terminal acetylenes is 1. The van der Waals surface area contributed by atoms with Crippen molar-refractivity contribution in [1.29, 1.82) is 0 Å². The van der Waals surface area contributed by atoms with Crippen LogP contribution in [0.1, 0.15) is 31.4 Å². The molecule has 0 N–H and O–H groups in total. The highest BCUT2D eigenvalue weighted by Crippen LogP contribution is 2.09. The first kappa shape index (κ1) is 9.86. The molecule has 13 heavy (non-hydrogen) atoms. The highest BCUT2D eigenvalue weighted by atomic mass is 14.0. The van der Waals surface area contributed by atoms with Crippen molar-refractivity contribution in [1.82, 2.24) is 0 Å². The monoisotopic (exact) mass is 172 g/mol. The van der Waals surface area contributed by atoms with Crippen LogP contribution in [0.3, 0.4) is 0 Å². The summed E-state index contributed by atoms with van der Waals surface area (Å²) in [6, 6.07) is 8.26. The summed E-state index contributed by atoms with van der Waals surface area (Å²) in [5.74, 6) is 3.39. The topological polar surface area (TPSA) is 0 Å². The van der Waals surface area contributed by atoms with E-state index < -0.39 is 0 Å². The molecule has 0 saturated heterocycles. The van der Waals surface area contributed by atoms with Crippen LogP contribution in [0.4, 0.5) is 0 Å². The number of aryl methyl sites for hydroxylation is 1. The van der Waals surface area contributed by atoms with Crippen molar-refractivity contribution in [3.8, 4) is 12.3 Å². The third-order valence-electron chi connectivity index (χ3n) is 2.13. The molecule has 0 aromatic heterocycles. The number of hydrogen-bond acceptors (Lipinski definition) is 0. The van der Waals surface area contributed by atoms with Crippen LogP contribution in [-0.2, 0) is 6.42 Å². The molecule has 68 valence electrons. The zero-order valence-corrected chi connectivity index (χ0v) is 8.38. The van der Waals surface area contributed by atoms with E-state index in [1.54, 1.807) is 0 Å². The third kappa shape index (κ3) is 3.34. The van der Waals surface area contributed by atoms with Crippen LogP contribution in [0.5, 0.6) is 0 Å². The highest BCUT2D eigenvalue weighted by molar-refractivity contribution is 5.34. The Balaban J connectivity index is 2.55. The predicted molar refractivity (Wildman–Crippen MR) is 57.5 cm³/mol. The first-order chi connectivity index (χ1) is 6.22. The molecule has 0 heterocycles. The molecule has 0 unspecified atom stereocenters. The lowest BCUT2D eigenvalue weighted by molar-refractivity contribution is 0.587. The van der Waals surface area contributed by atoms with Crippen LogP contribution < -0.4 is 0 Å². The zero-order chi connectivity index (χ0) is 9.68. The van der Waals surface area contributed by atoms with E-state index in [9.17, 15) is 0 Å². The molecule has 0 aliphatic carbocycles. The Morgan fingerprint density at radius 1 is 1.23 bits per heavy atom. The number of benzene rings is 1. The first-order valence-corrected chi connectivity index (χ1v) is 4.78. The molecule has 0 saturated carbocycles. The Morgan fingerprint density at radius 2 is 1.85 bits per heavy atom. The highest BCUT2D eigenvalue weighted by Gasteiger charge is 1.96. The summed E-state index contributed by atoms with van der Waals surface area (Å²) in [5.41, 5.74) is 2.35. The average molecular weight is 172 g/mol. The summed E-state index contributed by atoms with van der Waals surface area (Å²) in [5, 5.41) is 0. The van der Waals surface area contributed by atoms with Gasteiger partial charge < -0.3 is 0 Å². The van der Waals surface area contributed by atoms with Gasteiger partial charge in [0.05, 0.1) is 0 Å². The fourth-order valence-corrected chi connectivity index (χ4v) is 1.22. The minimum Gasteiger partial charge on any atom is -0.115 e. The predicted octanol–water partition coefficient (Wildman–Crippen LogP) is 3.26. The molecule has 1 aromatic rings. The van der Waals surface area contributed by atoms with Crippen LogP contribution in [0.25, 0.3) is 0 Å². The lowest BCUT2D eigenvalue weighted by atomic mass is 10.0. The van der Waals surface area contributed by atoms with Crippen molar-refractivity contribution >= 4 is 0 Å². The maximum atomic E-state index is 5.27. The molecule has 0 amide bonds. The van der Waals surface area contributed by atoms with E-state index in [0.29, 0.717) is 0 Å². The molecule has 0 bridgehead atoms. The van der Waals surface area contributed by atoms with Gasteiger partial charge in [-0.15, -0.1) is 6.42 Å². The first-order valence-electron chi connectivity index (χ1n) is 4.78. The summed E-state index contributed by atoms with van der Waals surface area (Å²) in [7, 11) is 0. The normalized spacial score (nSPS) is 10.0. The standard InChI is InChI=1S/C13H16/c1-4-12-7-9-13(10-8-12)6-5-11(2)3/h1,7-11H,5-6H2,2-3H3. The zero-order valence-electron chi connectivity index (χ0n) is 8.38. The minimum absolute atomic E-state index is 0.771. The molecule has 0 heteroatoms. The number of rotatable bonds is 3. The van der Waals surface area contributed by atoms with Crippen molar-refractivity contribution in [2.45, 2.75) is 26.7 Å². The van der Waals surface area contributed by atoms with Gasteiger partial charge in [-0.25, -0.2) is 0 Å². The summed E-state index contributed by atoms with van der Waals surface area (Å²) in [6.45, 7) is 4.49. The molecule has 0 atom stereocenters. The molecular formula is C13H16. The largest absolute Gasteiger partial charge is 0.115 e.